The van der Waals surface area contributed by atoms with Crippen molar-refractivity contribution in [2.24, 2.45) is 0 Å². The standard InChI is InChI=1S/C42H83NO5/c1-4-7-10-13-16-18-20-22-25-28-31-34-40(45)39(37-44)43-41(46)36-38(33-30-27-24-15-12-9-6-3)48-42(47)35-32-29-26-23-21-19-17-14-11-8-5-2/h38-40,44-45H,4-37H2,1-3H3,(H,43,46). The SMILES string of the molecule is CCCCCCCCCCCCCC(=O)OC(CCCCCCCCC)CC(=O)NC(CO)C(O)CCCCCCCCCCCCC. The molecule has 0 aliphatic heterocycles. The lowest BCUT2D eigenvalue weighted by molar-refractivity contribution is -0.151. The number of hydrogen-bond acceptors (Lipinski definition) is 5. The molecule has 0 aliphatic carbocycles. The van der Waals surface area contributed by atoms with Crippen molar-refractivity contribution in [3.8, 4) is 0 Å². The number of rotatable bonds is 38. The van der Waals surface area contributed by atoms with Crippen molar-refractivity contribution in [1.29, 1.82) is 0 Å². The first-order valence-corrected chi connectivity index (χ1v) is 21.3. The summed E-state index contributed by atoms with van der Waals surface area (Å²) in [7, 11) is 0. The Hall–Kier alpha value is -1.14. The van der Waals surface area contributed by atoms with Crippen LogP contribution in [0.4, 0.5) is 0 Å². The normalized spacial score (nSPS) is 13.4. The van der Waals surface area contributed by atoms with Crippen molar-refractivity contribution >= 4 is 11.9 Å². The Balaban J connectivity index is 4.46. The second kappa shape index (κ2) is 37.1. The molecule has 0 aliphatic rings. The highest BCUT2D eigenvalue weighted by Gasteiger charge is 2.24. The molecule has 6 nitrogen and oxygen atoms in total. The summed E-state index contributed by atoms with van der Waals surface area (Å²) in [5.74, 6) is -0.468. The summed E-state index contributed by atoms with van der Waals surface area (Å²) in [4.78, 5) is 25.7. The second-order valence-corrected chi connectivity index (χ2v) is 14.8. The highest BCUT2D eigenvalue weighted by molar-refractivity contribution is 5.77. The molecule has 0 spiro atoms. The smallest absolute Gasteiger partial charge is 0.306 e. The maximum absolute atomic E-state index is 13.0. The second-order valence-electron chi connectivity index (χ2n) is 14.8. The fourth-order valence-corrected chi connectivity index (χ4v) is 6.67. The first kappa shape index (κ1) is 46.9. The molecular weight excluding hydrogens is 598 g/mol. The number of nitrogens with one attached hydrogen (secondary N) is 1. The molecule has 0 fully saturated rings. The lowest BCUT2D eigenvalue weighted by atomic mass is 10.0. The minimum atomic E-state index is -0.775. The van der Waals surface area contributed by atoms with Crippen LogP contribution in [0.3, 0.4) is 0 Å². The van der Waals surface area contributed by atoms with Crippen molar-refractivity contribution in [3.63, 3.8) is 0 Å². The van der Waals surface area contributed by atoms with Crippen LogP contribution in [0.1, 0.15) is 233 Å². The average Bonchev–Trinajstić information content (AvgIpc) is 3.07. The Morgan fingerprint density at radius 3 is 1.27 bits per heavy atom. The van der Waals surface area contributed by atoms with Gasteiger partial charge in [0.25, 0.3) is 0 Å². The zero-order valence-electron chi connectivity index (χ0n) is 32.4. The van der Waals surface area contributed by atoms with Gasteiger partial charge in [-0.15, -0.1) is 0 Å². The van der Waals surface area contributed by atoms with E-state index >= 15 is 0 Å². The molecule has 0 aromatic heterocycles. The van der Waals surface area contributed by atoms with Crippen molar-refractivity contribution in [2.75, 3.05) is 6.61 Å². The van der Waals surface area contributed by atoms with Gasteiger partial charge in [0.05, 0.1) is 25.2 Å². The van der Waals surface area contributed by atoms with Crippen molar-refractivity contribution in [1.82, 2.24) is 5.32 Å². The number of aliphatic hydroxyl groups excluding tert-OH is 2. The van der Waals surface area contributed by atoms with Crippen molar-refractivity contribution in [3.05, 3.63) is 0 Å². The number of carbonyl (C=O) groups is 2. The van der Waals surface area contributed by atoms with Gasteiger partial charge in [0.2, 0.25) is 5.91 Å². The van der Waals surface area contributed by atoms with Crippen LogP contribution in [-0.4, -0.2) is 46.9 Å². The van der Waals surface area contributed by atoms with E-state index in [0.29, 0.717) is 19.3 Å². The van der Waals surface area contributed by atoms with Crippen molar-refractivity contribution < 1.29 is 24.5 Å². The van der Waals surface area contributed by atoms with E-state index in [1.54, 1.807) is 0 Å². The molecule has 0 rings (SSSR count). The van der Waals surface area contributed by atoms with Gasteiger partial charge >= 0.3 is 5.97 Å². The highest BCUT2D eigenvalue weighted by atomic mass is 16.5. The van der Waals surface area contributed by atoms with E-state index in [0.717, 1.165) is 44.9 Å². The van der Waals surface area contributed by atoms with E-state index < -0.39 is 18.2 Å². The summed E-state index contributed by atoms with van der Waals surface area (Å²) in [5, 5.41) is 23.5. The summed E-state index contributed by atoms with van der Waals surface area (Å²) >= 11 is 0. The maximum atomic E-state index is 13.0. The molecule has 0 bridgehead atoms. The van der Waals surface area contributed by atoms with Gasteiger partial charge in [-0.1, -0.05) is 194 Å². The quantitative estimate of drug-likeness (QED) is 0.0445. The van der Waals surface area contributed by atoms with Gasteiger partial charge < -0.3 is 20.3 Å². The number of hydrogen-bond donors (Lipinski definition) is 3. The van der Waals surface area contributed by atoms with Gasteiger partial charge in [0.1, 0.15) is 6.10 Å². The summed E-state index contributed by atoms with van der Waals surface area (Å²) in [6, 6.07) is -0.688. The molecule has 3 atom stereocenters. The highest BCUT2D eigenvalue weighted by Crippen LogP contribution is 2.17. The Morgan fingerprint density at radius 2 is 0.875 bits per heavy atom. The Labute approximate surface area is 298 Å². The molecule has 0 aromatic rings. The lowest BCUT2D eigenvalue weighted by Gasteiger charge is -2.24. The number of carbonyl (C=O) groups excluding carboxylic acids is 2. The monoisotopic (exact) mass is 682 g/mol. The molecule has 0 heterocycles. The Kier molecular flexibility index (Phi) is 36.2. The van der Waals surface area contributed by atoms with Gasteiger partial charge in [0.15, 0.2) is 0 Å². The fourth-order valence-electron chi connectivity index (χ4n) is 6.67. The molecule has 1 amide bonds. The number of ether oxygens (including phenoxy) is 1. The number of unbranched alkanes of at least 4 members (excludes halogenated alkanes) is 26. The minimum Gasteiger partial charge on any atom is -0.462 e. The van der Waals surface area contributed by atoms with Crippen molar-refractivity contribution in [2.45, 2.75) is 251 Å². The van der Waals surface area contributed by atoms with E-state index in [1.807, 2.05) is 0 Å². The van der Waals surface area contributed by atoms with E-state index in [4.69, 9.17) is 4.74 Å². The molecule has 286 valence electrons. The van der Waals surface area contributed by atoms with E-state index in [2.05, 4.69) is 26.1 Å². The first-order valence-electron chi connectivity index (χ1n) is 21.3. The van der Waals surface area contributed by atoms with Gasteiger partial charge in [-0.3, -0.25) is 9.59 Å². The number of esters is 1. The Morgan fingerprint density at radius 1 is 0.521 bits per heavy atom. The average molecular weight is 682 g/mol. The summed E-state index contributed by atoms with van der Waals surface area (Å²) < 4.78 is 5.85. The third-order valence-electron chi connectivity index (χ3n) is 9.94. The molecule has 0 radical (unpaired) electrons. The van der Waals surface area contributed by atoms with Crippen LogP contribution in [0.2, 0.25) is 0 Å². The van der Waals surface area contributed by atoms with E-state index in [9.17, 15) is 19.8 Å². The largest absolute Gasteiger partial charge is 0.462 e. The molecule has 48 heavy (non-hydrogen) atoms. The van der Waals surface area contributed by atoms with Crippen LogP contribution in [0, 0.1) is 0 Å². The topological polar surface area (TPSA) is 95.9 Å². The van der Waals surface area contributed by atoms with Gasteiger partial charge in [-0.25, -0.2) is 0 Å². The van der Waals surface area contributed by atoms with Crippen LogP contribution < -0.4 is 5.32 Å². The molecule has 3 unspecified atom stereocenters. The van der Waals surface area contributed by atoms with Crippen LogP contribution in [-0.2, 0) is 14.3 Å². The number of aliphatic hydroxyl groups is 2. The number of amides is 1. The predicted molar refractivity (Wildman–Crippen MR) is 204 cm³/mol. The summed E-state index contributed by atoms with van der Waals surface area (Å²) in [6.45, 7) is 6.43. The van der Waals surface area contributed by atoms with E-state index in [-0.39, 0.29) is 24.9 Å². The lowest BCUT2D eigenvalue weighted by Crippen LogP contribution is -2.46. The predicted octanol–water partition coefficient (Wildman–Crippen LogP) is 11.7. The molecule has 3 N–H and O–H groups in total. The van der Waals surface area contributed by atoms with Gasteiger partial charge in [-0.2, -0.15) is 0 Å². The van der Waals surface area contributed by atoms with E-state index in [1.165, 1.54) is 141 Å². The minimum absolute atomic E-state index is 0.0848. The van der Waals surface area contributed by atoms with Crippen LogP contribution >= 0.6 is 0 Å². The van der Waals surface area contributed by atoms with Crippen LogP contribution in [0.15, 0.2) is 0 Å². The zero-order chi connectivity index (χ0) is 35.3. The molecule has 0 aromatic carbocycles. The fraction of sp³-hybridized carbons (Fsp3) is 0.952. The molecule has 0 saturated carbocycles. The molecule has 6 heteroatoms. The zero-order valence-corrected chi connectivity index (χ0v) is 32.4. The summed E-state index contributed by atoms with van der Waals surface area (Å²) in [6.07, 6.45) is 36.0. The third kappa shape index (κ3) is 32.1. The third-order valence-corrected chi connectivity index (χ3v) is 9.94. The maximum Gasteiger partial charge on any atom is 0.306 e. The first-order chi connectivity index (χ1) is 23.5. The van der Waals surface area contributed by atoms with Crippen LogP contribution in [0.5, 0.6) is 0 Å². The van der Waals surface area contributed by atoms with Gasteiger partial charge in [-0.05, 0) is 25.7 Å². The van der Waals surface area contributed by atoms with Gasteiger partial charge in [0, 0.05) is 6.42 Å². The summed E-state index contributed by atoms with van der Waals surface area (Å²) in [5.41, 5.74) is 0. The molecule has 0 saturated heterocycles. The Bertz CT molecular complexity index is 687. The molecular formula is C42H83NO5. The van der Waals surface area contributed by atoms with Crippen LogP contribution in [0.25, 0.3) is 0 Å².